The zero-order chi connectivity index (χ0) is 13.8. The summed E-state index contributed by atoms with van der Waals surface area (Å²) in [5.74, 6) is 0.607. The average Bonchev–Trinajstić information content (AvgIpc) is 2.59. The van der Waals surface area contributed by atoms with E-state index in [2.05, 4.69) is 0 Å². The zero-order valence-corrected chi connectivity index (χ0v) is 12.6. The fourth-order valence-corrected chi connectivity index (χ4v) is 4.29. The molecule has 1 N–H and O–H groups in total. The van der Waals surface area contributed by atoms with Crippen LogP contribution >= 0.6 is 11.6 Å². The van der Waals surface area contributed by atoms with Crippen molar-refractivity contribution in [3.63, 3.8) is 0 Å². The smallest absolute Gasteiger partial charge is 0.214 e. The predicted molar refractivity (Wildman–Crippen MR) is 73.4 cm³/mol. The molecule has 0 aromatic carbocycles. The number of likely N-dealkylation sites (N-methyl/N-ethyl adjacent to an activating group) is 1. The van der Waals surface area contributed by atoms with Crippen molar-refractivity contribution in [1.29, 1.82) is 0 Å². The normalized spacial score (nSPS) is 26.1. The molecule has 0 bridgehead atoms. The highest BCUT2D eigenvalue weighted by Crippen LogP contribution is 2.23. The Balaban J connectivity index is 2.65. The zero-order valence-electron chi connectivity index (χ0n) is 11.0. The summed E-state index contributed by atoms with van der Waals surface area (Å²) < 4.78 is 25.9. The van der Waals surface area contributed by atoms with Crippen molar-refractivity contribution in [3.05, 3.63) is 0 Å². The van der Waals surface area contributed by atoms with E-state index in [0.717, 1.165) is 0 Å². The van der Waals surface area contributed by atoms with Crippen molar-refractivity contribution in [1.82, 2.24) is 9.21 Å². The van der Waals surface area contributed by atoms with Gasteiger partial charge in [-0.15, -0.1) is 11.6 Å². The van der Waals surface area contributed by atoms with Crippen LogP contribution in [0.5, 0.6) is 0 Å². The van der Waals surface area contributed by atoms with E-state index in [4.69, 9.17) is 11.6 Å². The van der Waals surface area contributed by atoms with Crippen LogP contribution in [-0.4, -0.2) is 73.7 Å². The number of halogens is 1. The van der Waals surface area contributed by atoms with Gasteiger partial charge in [-0.1, -0.05) is 0 Å². The molecule has 0 aromatic rings. The molecule has 2 unspecified atom stereocenters. The number of rotatable bonds is 7. The first-order chi connectivity index (χ1) is 8.36. The maximum absolute atomic E-state index is 12.2. The van der Waals surface area contributed by atoms with Gasteiger partial charge in [-0.2, -0.15) is 4.31 Å². The van der Waals surface area contributed by atoms with Crippen LogP contribution in [0.15, 0.2) is 0 Å². The molecule has 18 heavy (non-hydrogen) atoms. The van der Waals surface area contributed by atoms with Crippen LogP contribution in [-0.2, 0) is 10.0 Å². The van der Waals surface area contributed by atoms with Crippen LogP contribution in [0.25, 0.3) is 0 Å². The molecule has 0 amide bonds. The first kappa shape index (κ1) is 16.2. The summed E-state index contributed by atoms with van der Waals surface area (Å²) in [6, 6.07) is -0.115. The number of aliphatic hydroxyl groups excluding tert-OH is 1. The molecule has 7 heteroatoms. The maximum atomic E-state index is 12.2. The fraction of sp³-hybridized carbons (Fsp3) is 1.00. The number of nitrogens with zero attached hydrogens (tertiary/aromatic N) is 2. The highest BCUT2D eigenvalue weighted by atomic mass is 35.5. The van der Waals surface area contributed by atoms with Crippen LogP contribution in [0, 0.1) is 0 Å². The highest BCUT2D eigenvalue weighted by Gasteiger charge is 2.38. The average molecular weight is 299 g/mol. The number of hydrogen-bond acceptors (Lipinski definition) is 4. The van der Waals surface area contributed by atoms with Crippen molar-refractivity contribution in [3.8, 4) is 0 Å². The van der Waals surface area contributed by atoms with Crippen molar-refractivity contribution in [2.24, 2.45) is 0 Å². The molecule has 108 valence electrons. The third kappa shape index (κ3) is 4.66. The second-order valence-corrected chi connectivity index (χ2v) is 7.51. The number of unbranched alkanes of at least 4 members (excludes halogenated alkanes) is 1. The molecular formula is C11H23ClN2O3S. The van der Waals surface area contributed by atoms with E-state index in [1.807, 2.05) is 19.0 Å². The lowest BCUT2D eigenvalue weighted by Gasteiger charge is -2.26. The minimum absolute atomic E-state index is 0.115. The van der Waals surface area contributed by atoms with Gasteiger partial charge in [-0.05, 0) is 33.4 Å². The summed E-state index contributed by atoms with van der Waals surface area (Å²) in [6.07, 6.45) is 1.26. The van der Waals surface area contributed by atoms with E-state index in [0.29, 0.717) is 31.7 Å². The van der Waals surface area contributed by atoms with Gasteiger partial charge in [-0.3, -0.25) is 0 Å². The molecule has 0 spiro atoms. The lowest BCUT2D eigenvalue weighted by molar-refractivity contribution is 0.188. The molecule has 2 atom stereocenters. The molecule has 1 heterocycles. The van der Waals surface area contributed by atoms with Gasteiger partial charge in [0.2, 0.25) is 10.0 Å². The largest absolute Gasteiger partial charge is 0.392 e. The Morgan fingerprint density at radius 1 is 1.39 bits per heavy atom. The maximum Gasteiger partial charge on any atom is 0.214 e. The number of alkyl halides is 1. The molecule has 0 aliphatic carbocycles. The minimum atomic E-state index is -3.27. The summed E-state index contributed by atoms with van der Waals surface area (Å²) in [6.45, 7) is 0.869. The van der Waals surface area contributed by atoms with Crippen LogP contribution in [0.4, 0.5) is 0 Å². The summed E-state index contributed by atoms with van der Waals surface area (Å²) in [5, 5.41) is 9.67. The monoisotopic (exact) mass is 298 g/mol. The number of aliphatic hydroxyl groups is 1. The molecular weight excluding hydrogens is 276 g/mol. The van der Waals surface area contributed by atoms with Gasteiger partial charge in [0.15, 0.2) is 0 Å². The number of sulfonamides is 1. The Labute approximate surface area is 115 Å². The Bertz CT molecular complexity index is 348. The summed E-state index contributed by atoms with van der Waals surface area (Å²) in [4.78, 5) is 1.95. The van der Waals surface area contributed by atoms with E-state index in [-0.39, 0.29) is 18.3 Å². The first-order valence-electron chi connectivity index (χ1n) is 6.25. The van der Waals surface area contributed by atoms with E-state index in [1.165, 1.54) is 4.31 Å². The van der Waals surface area contributed by atoms with Gasteiger partial charge in [0.25, 0.3) is 0 Å². The Hall–Kier alpha value is 0.120. The van der Waals surface area contributed by atoms with Gasteiger partial charge >= 0.3 is 0 Å². The van der Waals surface area contributed by atoms with Crippen molar-refractivity contribution in [2.45, 2.75) is 31.4 Å². The predicted octanol–water partition coefficient (Wildman–Crippen LogP) is 0.332. The third-order valence-electron chi connectivity index (χ3n) is 3.06. The van der Waals surface area contributed by atoms with Gasteiger partial charge in [0.05, 0.1) is 11.9 Å². The topological polar surface area (TPSA) is 60.9 Å². The summed E-state index contributed by atoms with van der Waals surface area (Å²) in [7, 11) is 0.540. The molecule has 1 rings (SSSR count). The summed E-state index contributed by atoms with van der Waals surface area (Å²) >= 11 is 5.56. The fourth-order valence-electron chi connectivity index (χ4n) is 2.29. The van der Waals surface area contributed by atoms with Crippen LogP contribution in [0.3, 0.4) is 0 Å². The highest BCUT2D eigenvalue weighted by molar-refractivity contribution is 7.89. The van der Waals surface area contributed by atoms with Gasteiger partial charge in [0, 0.05) is 25.0 Å². The van der Waals surface area contributed by atoms with Gasteiger partial charge in [0.1, 0.15) is 0 Å². The third-order valence-corrected chi connectivity index (χ3v) is 5.29. The molecule has 1 aliphatic heterocycles. The lowest BCUT2D eigenvalue weighted by Crippen LogP contribution is -2.42. The Kier molecular flexibility index (Phi) is 6.34. The van der Waals surface area contributed by atoms with E-state index >= 15 is 0 Å². The molecule has 5 nitrogen and oxygen atoms in total. The molecule has 0 aromatic heterocycles. The Morgan fingerprint density at radius 2 is 2.06 bits per heavy atom. The second kappa shape index (κ2) is 7.05. The van der Waals surface area contributed by atoms with Crippen molar-refractivity contribution in [2.75, 3.05) is 38.8 Å². The first-order valence-corrected chi connectivity index (χ1v) is 8.39. The standard InChI is InChI=1S/C11H23ClN2O3S/c1-13(2)8-10-7-11(15)9-14(10)18(16,17)6-4-3-5-12/h10-11,15H,3-9H2,1-2H3. The van der Waals surface area contributed by atoms with Crippen molar-refractivity contribution < 1.29 is 13.5 Å². The molecule has 0 radical (unpaired) electrons. The molecule has 0 saturated carbocycles. The van der Waals surface area contributed by atoms with Crippen molar-refractivity contribution >= 4 is 21.6 Å². The second-order valence-electron chi connectivity index (χ2n) is 5.09. The molecule has 1 fully saturated rings. The Morgan fingerprint density at radius 3 is 2.61 bits per heavy atom. The van der Waals surface area contributed by atoms with E-state index in [9.17, 15) is 13.5 Å². The lowest BCUT2D eigenvalue weighted by atomic mass is 10.2. The SMILES string of the molecule is CN(C)CC1CC(O)CN1S(=O)(=O)CCCCCl. The van der Waals surface area contributed by atoms with Gasteiger partial charge in [-0.25, -0.2) is 8.42 Å². The number of β-amino-alcohol motifs (C(OH)–C–C–N with tert-alkyl or cyclic N) is 1. The number of hydrogen-bond donors (Lipinski definition) is 1. The van der Waals surface area contributed by atoms with Crippen LogP contribution < -0.4 is 0 Å². The van der Waals surface area contributed by atoms with Crippen LogP contribution in [0.2, 0.25) is 0 Å². The quantitative estimate of drug-likeness (QED) is 0.544. The van der Waals surface area contributed by atoms with Gasteiger partial charge < -0.3 is 10.0 Å². The molecule has 1 saturated heterocycles. The molecule has 1 aliphatic rings. The van der Waals surface area contributed by atoms with Crippen LogP contribution in [0.1, 0.15) is 19.3 Å². The minimum Gasteiger partial charge on any atom is -0.392 e. The van der Waals surface area contributed by atoms with E-state index < -0.39 is 16.1 Å². The summed E-state index contributed by atoms with van der Waals surface area (Å²) in [5.41, 5.74) is 0. The van der Waals surface area contributed by atoms with E-state index in [1.54, 1.807) is 0 Å².